The molecule has 1 saturated carbocycles. The van der Waals surface area contributed by atoms with Crippen molar-refractivity contribution in [3.05, 3.63) is 0 Å². The highest BCUT2D eigenvalue weighted by molar-refractivity contribution is 5.78. The molecule has 2 N–H and O–H groups in total. The standard InChI is InChI=1S/C12H22N2O2/c1-3-8-13-12(16)14-11-6-4-10(5-7-11)9(2)15/h10-11H,3-8H2,1-2H3,(H2,13,14,16). The molecule has 16 heavy (non-hydrogen) atoms. The molecule has 0 bridgehead atoms. The van der Waals surface area contributed by atoms with Crippen molar-refractivity contribution in [2.75, 3.05) is 6.54 Å². The number of amides is 2. The lowest BCUT2D eigenvalue weighted by Gasteiger charge is -2.27. The smallest absolute Gasteiger partial charge is 0.315 e. The maximum Gasteiger partial charge on any atom is 0.315 e. The number of carbonyl (C=O) groups excluding carboxylic acids is 2. The van der Waals surface area contributed by atoms with E-state index in [-0.39, 0.29) is 23.8 Å². The number of ketones is 1. The van der Waals surface area contributed by atoms with E-state index in [4.69, 9.17) is 0 Å². The summed E-state index contributed by atoms with van der Waals surface area (Å²) in [5.41, 5.74) is 0. The van der Waals surface area contributed by atoms with E-state index in [2.05, 4.69) is 10.6 Å². The summed E-state index contributed by atoms with van der Waals surface area (Å²) >= 11 is 0. The van der Waals surface area contributed by atoms with Crippen molar-refractivity contribution in [2.45, 2.75) is 52.0 Å². The maximum atomic E-state index is 11.4. The van der Waals surface area contributed by atoms with Gasteiger partial charge in [0.2, 0.25) is 0 Å². The van der Waals surface area contributed by atoms with Crippen LogP contribution in [0.2, 0.25) is 0 Å². The quantitative estimate of drug-likeness (QED) is 0.768. The highest BCUT2D eigenvalue weighted by Gasteiger charge is 2.24. The molecule has 1 aliphatic carbocycles. The molecular weight excluding hydrogens is 204 g/mol. The van der Waals surface area contributed by atoms with E-state index in [0.29, 0.717) is 6.54 Å². The van der Waals surface area contributed by atoms with Gasteiger partial charge in [0.05, 0.1) is 0 Å². The Kier molecular flexibility index (Phi) is 5.29. The second-order valence-corrected chi connectivity index (χ2v) is 4.56. The molecule has 0 spiro atoms. The van der Waals surface area contributed by atoms with E-state index in [1.54, 1.807) is 6.92 Å². The zero-order chi connectivity index (χ0) is 12.0. The van der Waals surface area contributed by atoms with Crippen LogP contribution in [0.3, 0.4) is 0 Å². The van der Waals surface area contributed by atoms with E-state index >= 15 is 0 Å². The molecule has 1 rings (SSSR count). The van der Waals surface area contributed by atoms with Crippen LogP contribution >= 0.6 is 0 Å². The highest BCUT2D eigenvalue weighted by Crippen LogP contribution is 2.24. The van der Waals surface area contributed by atoms with Gasteiger partial charge in [-0.25, -0.2) is 4.79 Å². The minimum absolute atomic E-state index is 0.0758. The van der Waals surface area contributed by atoms with Crippen molar-refractivity contribution in [3.63, 3.8) is 0 Å². The third-order valence-electron chi connectivity index (χ3n) is 3.17. The molecule has 2 amide bonds. The first kappa shape index (κ1) is 13.0. The first-order chi connectivity index (χ1) is 7.63. The number of hydrogen-bond donors (Lipinski definition) is 2. The van der Waals surface area contributed by atoms with E-state index in [0.717, 1.165) is 32.1 Å². The van der Waals surface area contributed by atoms with Gasteiger partial charge in [0.1, 0.15) is 5.78 Å². The van der Waals surface area contributed by atoms with Crippen LogP contribution in [0.1, 0.15) is 46.0 Å². The Hall–Kier alpha value is -1.06. The van der Waals surface area contributed by atoms with E-state index < -0.39 is 0 Å². The molecule has 0 aromatic rings. The van der Waals surface area contributed by atoms with Gasteiger partial charge in [-0.1, -0.05) is 6.92 Å². The largest absolute Gasteiger partial charge is 0.338 e. The van der Waals surface area contributed by atoms with Crippen molar-refractivity contribution in [2.24, 2.45) is 5.92 Å². The Morgan fingerprint density at radius 2 is 1.81 bits per heavy atom. The predicted molar refractivity (Wildman–Crippen MR) is 63.3 cm³/mol. The van der Waals surface area contributed by atoms with Crippen molar-refractivity contribution < 1.29 is 9.59 Å². The second kappa shape index (κ2) is 6.51. The van der Waals surface area contributed by atoms with E-state index in [1.807, 2.05) is 6.92 Å². The molecule has 0 heterocycles. The fourth-order valence-corrected chi connectivity index (χ4v) is 2.12. The van der Waals surface area contributed by atoms with Gasteiger partial charge in [-0.3, -0.25) is 4.79 Å². The Morgan fingerprint density at radius 3 is 2.31 bits per heavy atom. The van der Waals surface area contributed by atoms with Gasteiger partial charge in [-0.2, -0.15) is 0 Å². The number of nitrogens with one attached hydrogen (secondary N) is 2. The van der Waals surface area contributed by atoms with Gasteiger partial charge >= 0.3 is 6.03 Å². The summed E-state index contributed by atoms with van der Waals surface area (Å²) in [6, 6.07) is 0.167. The Morgan fingerprint density at radius 1 is 1.19 bits per heavy atom. The molecule has 0 aromatic heterocycles. The normalized spacial score (nSPS) is 24.9. The number of rotatable bonds is 4. The minimum atomic E-state index is -0.0758. The SMILES string of the molecule is CCCNC(=O)NC1CCC(C(C)=O)CC1. The minimum Gasteiger partial charge on any atom is -0.338 e. The zero-order valence-corrected chi connectivity index (χ0v) is 10.2. The summed E-state index contributed by atoms with van der Waals surface area (Å²) < 4.78 is 0. The third-order valence-corrected chi connectivity index (χ3v) is 3.17. The van der Waals surface area contributed by atoms with Gasteiger partial charge in [0, 0.05) is 18.5 Å². The highest BCUT2D eigenvalue weighted by atomic mass is 16.2. The van der Waals surface area contributed by atoms with Crippen LogP contribution in [0, 0.1) is 5.92 Å². The molecule has 0 aromatic carbocycles. The lowest BCUT2D eigenvalue weighted by atomic mass is 9.84. The monoisotopic (exact) mass is 226 g/mol. The summed E-state index contributed by atoms with van der Waals surface area (Å²) in [6.07, 6.45) is 4.61. The Bertz CT molecular complexity index is 245. The lowest BCUT2D eigenvalue weighted by Crippen LogP contribution is -2.44. The van der Waals surface area contributed by atoms with Gasteiger partial charge < -0.3 is 10.6 Å². The summed E-state index contributed by atoms with van der Waals surface area (Å²) in [6.45, 7) is 4.40. The van der Waals surface area contributed by atoms with Crippen LogP contribution < -0.4 is 10.6 Å². The summed E-state index contributed by atoms with van der Waals surface area (Å²) in [4.78, 5) is 22.6. The average Bonchev–Trinajstić information content (AvgIpc) is 2.27. The van der Waals surface area contributed by atoms with Crippen LogP contribution in [0.5, 0.6) is 0 Å². The van der Waals surface area contributed by atoms with Crippen LogP contribution in [0.15, 0.2) is 0 Å². The third kappa shape index (κ3) is 4.21. The van der Waals surface area contributed by atoms with Crippen molar-refractivity contribution in [3.8, 4) is 0 Å². The predicted octanol–water partition coefficient (Wildman–Crippen LogP) is 1.84. The van der Waals surface area contributed by atoms with Crippen LogP contribution in [0.4, 0.5) is 4.79 Å². The maximum absolute atomic E-state index is 11.4. The van der Waals surface area contributed by atoms with Crippen molar-refractivity contribution in [1.29, 1.82) is 0 Å². The summed E-state index contributed by atoms with van der Waals surface area (Å²) in [5.74, 6) is 0.505. The lowest BCUT2D eigenvalue weighted by molar-refractivity contribution is -0.121. The number of Topliss-reactive ketones (excluding diaryl/α,β-unsaturated/α-hetero) is 1. The van der Waals surface area contributed by atoms with Crippen LogP contribution in [0.25, 0.3) is 0 Å². The second-order valence-electron chi connectivity index (χ2n) is 4.56. The first-order valence-corrected chi connectivity index (χ1v) is 6.18. The molecule has 0 atom stereocenters. The van der Waals surface area contributed by atoms with Crippen molar-refractivity contribution in [1.82, 2.24) is 10.6 Å². The fraction of sp³-hybridized carbons (Fsp3) is 0.833. The molecule has 0 aliphatic heterocycles. The summed E-state index contributed by atoms with van der Waals surface area (Å²) in [5, 5.41) is 5.75. The number of urea groups is 1. The van der Waals surface area contributed by atoms with Crippen molar-refractivity contribution >= 4 is 11.8 Å². The molecule has 92 valence electrons. The van der Waals surface area contributed by atoms with Gasteiger partial charge in [0.25, 0.3) is 0 Å². The molecular formula is C12H22N2O2. The molecule has 4 nitrogen and oxygen atoms in total. The van der Waals surface area contributed by atoms with E-state index in [9.17, 15) is 9.59 Å². The fourth-order valence-electron chi connectivity index (χ4n) is 2.12. The first-order valence-electron chi connectivity index (χ1n) is 6.18. The zero-order valence-electron chi connectivity index (χ0n) is 10.2. The number of carbonyl (C=O) groups is 2. The Balaban J connectivity index is 2.21. The van der Waals surface area contributed by atoms with Gasteiger partial charge in [-0.05, 0) is 39.0 Å². The van der Waals surface area contributed by atoms with E-state index in [1.165, 1.54) is 0 Å². The molecule has 0 radical (unpaired) electrons. The van der Waals surface area contributed by atoms with Crippen LogP contribution in [-0.4, -0.2) is 24.4 Å². The molecule has 1 aliphatic rings. The van der Waals surface area contributed by atoms with Gasteiger partial charge in [0.15, 0.2) is 0 Å². The Labute approximate surface area is 97.2 Å². The molecule has 1 fully saturated rings. The molecule has 4 heteroatoms. The molecule has 0 saturated heterocycles. The van der Waals surface area contributed by atoms with Gasteiger partial charge in [-0.15, -0.1) is 0 Å². The molecule has 0 unspecified atom stereocenters. The van der Waals surface area contributed by atoms with Crippen LogP contribution in [-0.2, 0) is 4.79 Å². The average molecular weight is 226 g/mol. The summed E-state index contributed by atoms with van der Waals surface area (Å²) in [7, 11) is 0. The number of hydrogen-bond acceptors (Lipinski definition) is 2. The topological polar surface area (TPSA) is 58.2 Å².